The van der Waals surface area contributed by atoms with E-state index in [1.54, 1.807) is 4.68 Å². The highest BCUT2D eigenvalue weighted by Gasteiger charge is 2.35. The van der Waals surface area contributed by atoms with Gasteiger partial charge < -0.3 is 0 Å². The Morgan fingerprint density at radius 1 is 0.857 bits per heavy atom. The van der Waals surface area contributed by atoms with E-state index < -0.39 is 0 Å². The summed E-state index contributed by atoms with van der Waals surface area (Å²) in [6, 6.07) is 31.1. The molecule has 0 aliphatic heterocycles. The summed E-state index contributed by atoms with van der Waals surface area (Å²) in [6.45, 7) is 6.83. The Balaban J connectivity index is 1.62. The number of aromatic nitrogens is 2. The highest BCUT2D eigenvalue weighted by Crippen LogP contribution is 2.46. The average Bonchev–Trinajstić information content (AvgIpc) is 3.30. The van der Waals surface area contributed by atoms with Crippen LogP contribution >= 0.6 is 0 Å². The first kappa shape index (κ1) is 23.3. The molecule has 5 rings (SSSR count). The van der Waals surface area contributed by atoms with E-state index in [9.17, 15) is 4.79 Å². The third kappa shape index (κ3) is 4.60. The molecule has 0 radical (unpaired) electrons. The van der Waals surface area contributed by atoms with Crippen molar-refractivity contribution in [1.82, 2.24) is 9.78 Å². The minimum Gasteiger partial charge on any atom is -0.273 e. The van der Waals surface area contributed by atoms with Gasteiger partial charge in [-0.15, -0.1) is 0 Å². The van der Waals surface area contributed by atoms with Crippen LogP contribution in [0.1, 0.15) is 85.0 Å². The Kier molecular flexibility index (Phi) is 6.68. The summed E-state index contributed by atoms with van der Waals surface area (Å²) < 4.78 is 1.75. The molecule has 0 N–H and O–H groups in total. The van der Waals surface area contributed by atoms with E-state index >= 15 is 0 Å². The smallest absolute Gasteiger partial charge is 0.248 e. The number of fused-ring (bicyclic) bond motifs is 1. The van der Waals surface area contributed by atoms with Crippen molar-refractivity contribution >= 4 is 5.91 Å². The third-order valence-electron chi connectivity index (χ3n) is 7.58. The van der Waals surface area contributed by atoms with Crippen molar-refractivity contribution in [3.05, 3.63) is 113 Å². The maximum Gasteiger partial charge on any atom is 0.248 e. The van der Waals surface area contributed by atoms with Crippen LogP contribution in [0.25, 0.3) is 11.3 Å². The lowest BCUT2D eigenvalue weighted by molar-refractivity contribution is 0.0882. The number of hydrogen-bond donors (Lipinski definition) is 0. The second kappa shape index (κ2) is 10.0. The van der Waals surface area contributed by atoms with E-state index in [0.717, 1.165) is 40.9 Å². The molecule has 0 bridgehead atoms. The SMILES string of the molecule is CC(C)[C@H]1CC[C@H](C)c2c1nn(C(=O)CC(c1ccccc1)c1ccccc1)c2-c1ccccc1. The number of nitrogens with zero attached hydrogens (tertiary/aromatic N) is 2. The van der Waals surface area contributed by atoms with Crippen LogP contribution in [0.3, 0.4) is 0 Å². The molecule has 178 valence electrons. The van der Waals surface area contributed by atoms with Crippen LogP contribution in [0, 0.1) is 5.92 Å². The molecule has 1 heterocycles. The molecule has 1 aliphatic rings. The Morgan fingerprint density at radius 3 is 1.94 bits per heavy atom. The molecule has 2 atom stereocenters. The summed E-state index contributed by atoms with van der Waals surface area (Å²) in [5.41, 5.74) is 6.76. The fraction of sp³-hybridized carbons (Fsp3) is 0.312. The minimum absolute atomic E-state index is 0.0203. The first-order valence-corrected chi connectivity index (χ1v) is 12.9. The second-order valence-corrected chi connectivity index (χ2v) is 10.2. The van der Waals surface area contributed by atoms with Crippen LogP contribution < -0.4 is 0 Å². The monoisotopic (exact) mass is 462 g/mol. The molecule has 0 saturated carbocycles. The summed E-state index contributed by atoms with van der Waals surface area (Å²) in [7, 11) is 0. The van der Waals surface area contributed by atoms with Crippen molar-refractivity contribution in [3.8, 4) is 11.3 Å². The van der Waals surface area contributed by atoms with Gasteiger partial charge in [-0.25, -0.2) is 0 Å². The van der Waals surface area contributed by atoms with Gasteiger partial charge in [0, 0.05) is 29.4 Å². The van der Waals surface area contributed by atoms with Gasteiger partial charge in [0.15, 0.2) is 0 Å². The molecule has 0 amide bonds. The van der Waals surface area contributed by atoms with E-state index in [-0.39, 0.29) is 11.8 Å². The highest BCUT2D eigenvalue weighted by atomic mass is 16.2. The van der Waals surface area contributed by atoms with Gasteiger partial charge in [0.2, 0.25) is 5.91 Å². The zero-order valence-electron chi connectivity index (χ0n) is 20.9. The lowest BCUT2D eigenvalue weighted by atomic mass is 9.75. The van der Waals surface area contributed by atoms with E-state index in [1.165, 1.54) is 5.56 Å². The lowest BCUT2D eigenvalue weighted by Crippen LogP contribution is -2.19. The molecular weight excluding hydrogens is 428 g/mol. The highest BCUT2D eigenvalue weighted by molar-refractivity contribution is 5.86. The Labute approximate surface area is 208 Å². The van der Waals surface area contributed by atoms with Crippen molar-refractivity contribution in [2.24, 2.45) is 5.92 Å². The number of carbonyl (C=O) groups excluding carboxylic acids is 1. The van der Waals surface area contributed by atoms with Crippen molar-refractivity contribution in [2.45, 2.75) is 57.8 Å². The van der Waals surface area contributed by atoms with Gasteiger partial charge in [-0.3, -0.25) is 4.79 Å². The molecule has 1 aliphatic carbocycles. The van der Waals surface area contributed by atoms with Crippen LogP contribution in [0.5, 0.6) is 0 Å². The van der Waals surface area contributed by atoms with E-state index in [4.69, 9.17) is 5.10 Å². The van der Waals surface area contributed by atoms with Crippen LogP contribution in [-0.4, -0.2) is 15.7 Å². The molecule has 0 fully saturated rings. The fourth-order valence-corrected chi connectivity index (χ4v) is 5.68. The standard InChI is InChI=1S/C32H34N2O/c1-22(2)27-20-19-23(3)30-31(27)33-34(32(30)26-17-11-6-12-18-26)29(35)21-28(24-13-7-4-8-14-24)25-15-9-5-10-16-25/h4-18,22-23,27-28H,19-21H2,1-3H3/t23-,27+/m0/s1. The van der Waals surface area contributed by atoms with E-state index in [1.807, 2.05) is 54.6 Å². The summed E-state index contributed by atoms with van der Waals surface area (Å²) in [4.78, 5) is 14.1. The largest absolute Gasteiger partial charge is 0.273 e. The van der Waals surface area contributed by atoms with Crippen LogP contribution in [0.4, 0.5) is 0 Å². The van der Waals surface area contributed by atoms with Crippen LogP contribution in [0.15, 0.2) is 91.0 Å². The molecule has 1 aromatic heterocycles. The summed E-state index contributed by atoms with van der Waals surface area (Å²) >= 11 is 0. The molecule has 35 heavy (non-hydrogen) atoms. The van der Waals surface area contributed by atoms with Gasteiger partial charge >= 0.3 is 0 Å². The van der Waals surface area contributed by atoms with Crippen molar-refractivity contribution < 1.29 is 4.79 Å². The third-order valence-corrected chi connectivity index (χ3v) is 7.58. The molecule has 4 aromatic rings. The maximum absolute atomic E-state index is 14.1. The normalized spacial score (nSPS) is 17.5. The molecule has 3 nitrogen and oxygen atoms in total. The number of carbonyl (C=O) groups is 1. The van der Waals surface area contributed by atoms with Crippen LogP contribution in [-0.2, 0) is 0 Å². The average molecular weight is 463 g/mol. The predicted molar refractivity (Wildman–Crippen MR) is 143 cm³/mol. The first-order chi connectivity index (χ1) is 17.0. The van der Waals surface area contributed by atoms with Gasteiger partial charge in [-0.2, -0.15) is 9.78 Å². The van der Waals surface area contributed by atoms with E-state index in [0.29, 0.717) is 24.2 Å². The molecule has 0 saturated heterocycles. The number of hydrogen-bond acceptors (Lipinski definition) is 2. The molecule has 0 unspecified atom stereocenters. The molecule has 0 spiro atoms. The zero-order chi connectivity index (χ0) is 24.4. The molecule has 3 heteroatoms. The van der Waals surface area contributed by atoms with Gasteiger partial charge in [0.1, 0.15) is 0 Å². The quantitative estimate of drug-likeness (QED) is 0.290. The van der Waals surface area contributed by atoms with Gasteiger partial charge in [0.25, 0.3) is 0 Å². The van der Waals surface area contributed by atoms with Crippen molar-refractivity contribution in [1.29, 1.82) is 0 Å². The second-order valence-electron chi connectivity index (χ2n) is 10.2. The topological polar surface area (TPSA) is 34.9 Å². The molecule has 3 aromatic carbocycles. The Bertz CT molecular complexity index is 1240. The van der Waals surface area contributed by atoms with Gasteiger partial charge in [0.05, 0.1) is 11.4 Å². The summed E-state index contributed by atoms with van der Waals surface area (Å²) in [5, 5.41) is 5.09. The van der Waals surface area contributed by atoms with Crippen molar-refractivity contribution in [2.75, 3.05) is 0 Å². The minimum atomic E-state index is -0.0203. The summed E-state index contributed by atoms with van der Waals surface area (Å²) in [6.07, 6.45) is 2.63. The summed E-state index contributed by atoms with van der Waals surface area (Å²) in [5.74, 6) is 1.29. The molecular formula is C32H34N2O. The number of rotatable bonds is 6. The van der Waals surface area contributed by atoms with Crippen molar-refractivity contribution in [3.63, 3.8) is 0 Å². The van der Waals surface area contributed by atoms with Crippen LogP contribution in [0.2, 0.25) is 0 Å². The maximum atomic E-state index is 14.1. The van der Waals surface area contributed by atoms with Gasteiger partial charge in [-0.05, 0) is 35.8 Å². The fourth-order valence-electron chi connectivity index (χ4n) is 5.68. The number of benzene rings is 3. The predicted octanol–water partition coefficient (Wildman–Crippen LogP) is 8.05. The first-order valence-electron chi connectivity index (χ1n) is 12.9. The Hall–Kier alpha value is -3.46. The van der Waals surface area contributed by atoms with E-state index in [2.05, 4.69) is 57.2 Å². The lowest BCUT2D eigenvalue weighted by Gasteiger charge is -2.28. The zero-order valence-corrected chi connectivity index (χ0v) is 20.9. The Morgan fingerprint density at radius 2 is 1.40 bits per heavy atom. The van der Waals surface area contributed by atoms with Gasteiger partial charge in [-0.1, -0.05) is 112 Å².